The van der Waals surface area contributed by atoms with E-state index in [1.165, 1.54) is 105 Å². The SMILES string of the molecule is c1ccc(-c2nc3ccccc3n2-c2ccc(-c3ccc4c(-c5ccc6c(c5)-c5ccccc5-c5ccccc5-c5ccccc5-6)c5ccccc5c(-c5ccc6ccccc6c5)c4c3)cc2)cc1. The van der Waals surface area contributed by atoms with E-state index in [2.05, 4.69) is 259 Å². The van der Waals surface area contributed by atoms with Crippen molar-refractivity contribution in [3.05, 3.63) is 255 Å². The predicted molar refractivity (Wildman–Crippen MR) is 291 cm³/mol. The van der Waals surface area contributed by atoms with Gasteiger partial charge in [0.2, 0.25) is 0 Å². The summed E-state index contributed by atoms with van der Waals surface area (Å²) in [6.07, 6.45) is 0. The zero-order valence-electron chi connectivity index (χ0n) is 37.6. The standard InChI is InChI=1S/C67H42N2/c1-2-17-45(18-3-1)67-68-63-28-14-15-29-64(63)69(67)50-36-32-44(33-37-50)47-34-39-60-62(41-47)66(48-31-30-43-16-4-5-19-46(43)40-48)59-27-13-12-26-58(59)65(60)49-35-38-57-55-24-9-8-22-53(55)51-20-6-7-21-52(51)54-23-10-11-25-56(54)61(57)42-49/h1-42H. The van der Waals surface area contributed by atoms with Gasteiger partial charge in [-0.15, -0.1) is 0 Å². The summed E-state index contributed by atoms with van der Waals surface area (Å²) in [6.45, 7) is 0. The summed E-state index contributed by atoms with van der Waals surface area (Å²) in [5, 5.41) is 7.37. The van der Waals surface area contributed by atoms with Crippen molar-refractivity contribution in [3.63, 3.8) is 0 Å². The van der Waals surface area contributed by atoms with Crippen LogP contribution in [0.25, 0.3) is 138 Å². The van der Waals surface area contributed by atoms with E-state index in [0.29, 0.717) is 0 Å². The molecule has 0 bridgehead atoms. The van der Waals surface area contributed by atoms with Gasteiger partial charge in [-0.3, -0.25) is 4.57 Å². The fourth-order valence-electron chi connectivity index (χ4n) is 11.2. The van der Waals surface area contributed by atoms with Crippen molar-refractivity contribution in [1.29, 1.82) is 0 Å². The van der Waals surface area contributed by atoms with Crippen LogP contribution in [0.1, 0.15) is 0 Å². The molecule has 0 N–H and O–H groups in total. The molecule has 1 aliphatic carbocycles. The van der Waals surface area contributed by atoms with E-state index in [1.807, 2.05) is 0 Å². The highest BCUT2D eigenvalue weighted by molar-refractivity contribution is 6.23. The number of rotatable bonds is 5. The normalized spacial score (nSPS) is 11.8. The van der Waals surface area contributed by atoms with Gasteiger partial charge in [0.05, 0.1) is 11.0 Å². The lowest BCUT2D eigenvalue weighted by molar-refractivity contribution is 1.10. The van der Waals surface area contributed by atoms with Crippen LogP contribution in [0.15, 0.2) is 255 Å². The summed E-state index contributed by atoms with van der Waals surface area (Å²) in [6, 6.07) is 93.6. The van der Waals surface area contributed by atoms with Crippen LogP contribution in [0, 0.1) is 0 Å². The molecule has 1 heterocycles. The molecular weight excluding hydrogens is 833 g/mol. The van der Waals surface area contributed by atoms with E-state index in [0.717, 1.165) is 33.7 Å². The number of nitrogens with zero attached hydrogens (tertiary/aromatic N) is 2. The molecule has 14 rings (SSSR count). The van der Waals surface area contributed by atoms with Gasteiger partial charge in [-0.1, -0.05) is 212 Å². The first-order valence-electron chi connectivity index (χ1n) is 23.8. The van der Waals surface area contributed by atoms with Crippen molar-refractivity contribution in [2.75, 3.05) is 0 Å². The average Bonchev–Trinajstić information content (AvgIpc) is 3.82. The minimum absolute atomic E-state index is 0.931. The molecule has 1 aliphatic rings. The lowest BCUT2D eigenvalue weighted by Crippen LogP contribution is -1.98. The van der Waals surface area contributed by atoms with Crippen LogP contribution in [0.2, 0.25) is 0 Å². The van der Waals surface area contributed by atoms with Crippen LogP contribution in [0.5, 0.6) is 0 Å². The molecule has 1 aromatic heterocycles. The number of benzene rings is 12. The Morgan fingerprint density at radius 1 is 0.261 bits per heavy atom. The summed E-state index contributed by atoms with van der Waals surface area (Å²) in [7, 11) is 0. The van der Waals surface area contributed by atoms with Crippen molar-refractivity contribution < 1.29 is 0 Å². The Morgan fingerprint density at radius 2 is 0.739 bits per heavy atom. The predicted octanol–water partition coefficient (Wildman–Crippen LogP) is 18.1. The third-order valence-corrected chi connectivity index (χ3v) is 14.4. The number of imidazole rings is 1. The Labute approximate surface area is 400 Å². The highest BCUT2D eigenvalue weighted by Crippen LogP contribution is 2.51. The Bertz CT molecular complexity index is 4170. The maximum absolute atomic E-state index is 5.12. The molecule has 2 heteroatoms. The van der Waals surface area contributed by atoms with E-state index in [9.17, 15) is 0 Å². The van der Waals surface area contributed by atoms with Crippen molar-refractivity contribution in [2.24, 2.45) is 0 Å². The van der Waals surface area contributed by atoms with Gasteiger partial charge in [0.15, 0.2) is 0 Å². The van der Waals surface area contributed by atoms with E-state index in [1.54, 1.807) is 0 Å². The monoisotopic (exact) mass is 874 g/mol. The van der Waals surface area contributed by atoms with Crippen molar-refractivity contribution in [3.8, 4) is 95.0 Å². The third-order valence-electron chi connectivity index (χ3n) is 14.4. The first-order valence-corrected chi connectivity index (χ1v) is 23.8. The molecule has 320 valence electrons. The summed E-state index contributed by atoms with van der Waals surface area (Å²) >= 11 is 0. The Balaban J connectivity index is 0.996. The fraction of sp³-hybridized carbons (Fsp3) is 0. The number of hydrogen-bond acceptors (Lipinski definition) is 1. The maximum Gasteiger partial charge on any atom is 0.145 e. The van der Waals surface area contributed by atoms with Gasteiger partial charge in [-0.2, -0.15) is 0 Å². The Morgan fingerprint density at radius 3 is 1.42 bits per heavy atom. The van der Waals surface area contributed by atoms with E-state index in [4.69, 9.17) is 4.98 Å². The van der Waals surface area contributed by atoms with Gasteiger partial charge in [0.25, 0.3) is 0 Å². The molecule has 0 fully saturated rings. The number of hydrogen-bond donors (Lipinski definition) is 0. The van der Waals surface area contributed by atoms with E-state index >= 15 is 0 Å². The molecule has 12 aromatic carbocycles. The van der Waals surface area contributed by atoms with Gasteiger partial charge >= 0.3 is 0 Å². The van der Waals surface area contributed by atoms with Crippen LogP contribution in [-0.2, 0) is 0 Å². The van der Waals surface area contributed by atoms with Crippen LogP contribution in [0.3, 0.4) is 0 Å². The minimum Gasteiger partial charge on any atom is -0.292 e. The van der Waals surface area contributed by atoms with Crippen molar-refractivity contribution >= 4 is 43.4 Å². The first-order chi connectivity index (χ1) is 34.2. The third kappa shape index (κ3) is 6.30. The molecule has 0 radical (unpaired) electrons. The van der Waals surface area contributed by atoms with Gasteiger partial charge in [-0.25, -0.2) is 4.98 Å². The van der Waals surface area contributed by atoms with Gasteiger partial charge < -0.3 is 0 Å². The highest BCUT2D eigenvalue weighted by atomic mass is 15.1. The molecule has 0 atom stereocenters. The molecule has 0 aliphatic heterocycles. The molecule has 13 aromatic rings. The Hall–Kier alpha value is -9.11. The minimum atomic E-state index is 0.931. The molecular formula is C67H42N2. The van der Waals surface area contributed by atoms with Crippen LogP contribution in [-0.4, -0.2) is 9.55 Å². The average molecular weight is 875 g/mol. The van der Waals surface area contributed by atoms with Crippen LogP contribution >= 0.6 is 0 Å². The smallest absolute Gasteiger partial charge is 0.145 e. The highest BCUT2D eigenvalue weighted by Gasteiger charge is 2.24. The second kappa shape index (κ2) is 15.8. The second-order valence-electron chi connectivity index (χ2n) is 18.2. The number of para-hydroxylation sites is 2. The quantitative estimate of drug-likeness (QED) is 0.158. The number of aromatic nitrogens is 2. The van der Waals surface area contributed by atoms with Crippen LogP contribution < -0.4 is 0 Å². The summed E-state index contributed by atoms with van der Waals surface area (Å²) in [5.41, 5.74) is 21.4. The number of fused-ring (bicyclic) bond motifs is 12. The van der Waals surface area contributed by atoms with Crippen molar-refractivity contribution in [1.82, 2.24) is 9.55 Å². The van der Waals surface area contributed by atoms with Crippen molar-refractivity contribution in [2.45, 2.75) is 0 Å². The summed E-state index contributed by atoms with van der Waals surface area (Å²) in [4.78, 5) is 5.12. The maximum atomic E-state index is 5.12. The first kappa shape index (κ1) is 39.1. The lowest BCUT2D eigenvalue weighted by Gasteiger charge is -2.24. The van der Waals surface area contributed by atoms with Gasteiger partial charge in [0.1, 0.15) is 5.82 Å². The second-order valence-corrected chi connectivity index (χ2v) is 18.2. The van der Waals surface area contributed by atoms with E-state index < -0.39 is 0 Å². The van der Waals surface area contributed by atoms with E-state index in [-0.39, 0.29) is 0 Å². The molecule has 69 heavy (non-hydrogen) atoms. The zero-order valence-corrected chi connectivity index (χ0v) is 37.6. The molecule has 0 amide bonds. The molecule has 0 spiro atoms. The molecule has 0 saturated carbocycles. The van der Waals surface area contributed by atoms with Gasteiger partial charge in [0, 0.05) is 11.3 Å². The largest absolute Gasteiger partial charge is 0.292 e. The molecule has 0 unspecified atom stereocenters. The topological polar surface area (TPSA) is 17.8 Å². The van der Waals surface area contributed by atoms with Gasteiger partial charge in [-0.05, 0) is 153 Å². The molecule has 2 nitrogen and oxygen atoms in total. The zero-order chi connectivity index (χ0) is 45.4. The summed E-state index contributed by atoms with van der Waals surface area (Å²) in [5.74, 6) is 0.931. The van der Waals surface area contributed by atoms with Crippen LogP contribution in [0.4, 0.5) is 0 Å². The fourth-order valence-corrected chi connectivity index (χ4v) is 11.2. The molecule has 0 saturated heterocycles. The lowest BCUT2D eigenvalue weighted by atomic mass is 9.79. The Kier molecular flexibility index (Phi) is 8.93. The summed E-state index contributed by atoms with van der Waals surface area (Å²) < 4.78 is 2.28.